The highest BCUT2D eigenvalue weighted by Gasteiger charge is 2.14. The third-order valence-corrected chi connectivity index (χ3v) is 1.53. The van der Waals surface area contributed by atoms with Crippen LogP contribution in [0.3, 0.4) is 0 Å². The van der Waals surface area contributed by atoms with E-state index in [9.17, 15) is 4.79 Å². The molecule has 1 heterocycles. The van der Waals surface area contributed by atoms with Crippen LogP contribution in [-0.2, 0) is 14.3 Å². The fourth-order valence-electron chi connectivity index (χ4n) is 0.937. The van der Waals surface area contributed by atoms with E-state index in [4.69, 9.17) is 9.47 Å². The van der Waals surface area contributed by atoms with Crippen molar-refractivity contribution in [2.75, 3.05) is 13.2 Å². The first kappa shape index (κ1) is 8.43. The third-order valence-electron chi connectivity index (χ3n) is 1.53. The Labute approximate surface area is 66.0 Å². The minimum Gasteiger partial charge on any atom is -0.349 e. The molecule has 0 spiro atoms. The lowest BCUT2D eigenvalue weighted by Crippen LogP contribution is -2.25. The summed E-state index contributed by atoms with van der Waals surface area (Å²) < 4.78 is 10.5. The Balaban J connectivity index is 2.44. The van der Waals surface area contributed by atoms with Gasteiger partial charge in [-0.1, -0.05) is 0 Å². The Morgan fingerprint density at radius 3 is 2.64 bits per heavy atom. The first-order valence-electron chi connectivity index (χ1n) is 3.70. The van der Waals surface area contributed by atoms with Crippen LogP contribution >= 0.6 is 0 Å². The summed E-state index contributed by atoms with van der Waals surface area (Å²) in [4.78, 5) is 10.1. The second-order valence-electron chi connectivity index (χ2n) is 2.47. The third kappa shape index (κ3) is 2.44. The van der Waals surface area contributed by atoms with Crippen molar-refractivity contribution >= 4 is 6.29 Å². The number of carbonyl (C=O) groups excluding carboxylic acids is 1. The van der Waals surface area contributed by atoms with E-state index < -0.39 is 0 Å². The van der Waals surface area contributed by atoms with Crippen LogP contribution in [0, 0.1) is 0 Å². The normalized spacial score (nSPS) is 21.7. The molecule has 0 aromatic carbocycles. The van der Waals surface area contributed by atoms with Gasteiger partial charge >= 0.3 is 0 Å². The summed E-state index contributed by atoms with van der Waals surface area (Å²) in [6.45, 7) is 3.26. The van der Waals surface area contributed by atoms with E-state index in [1.54, 1.807) is 0 Å². The smallest absolute Gasteiger partial charge is 0.179 e. The quantitative estimate of drug-likeness (QED) is 0.440. The summed E-state index contributed by atoms with van der Waals surface area (Å²) in [5, 5.41) is 0. The molecule has 0 amide bonds. The number of hydrogen-bond donors (Lipinski definition) is 0. The summed E-state index contributed by atoms with van der Waals surface area (Å²) in [6, 6.07) is 0. The van der Waals surface area contributed by atoms with E-state index >= 15 is 0 Å². The van der Waals surface area contributed by atoms with Gasteiger partial charge in [0.25, 0.3) is 0 Å². The molecule has 0 aromatic heterocycles. The van der Waals surface area contributed by atoms with Crippen LogP contribution in [0.5, 0.6) is 0 Å². The highest BCUT2D eigenvalue weighted by atomic mass is 16.7. The molecule has 0 saturated carbocycles. The fraction of sp³-hybridized carbons (Fsp3) is 0.625. The van der Waals surface area contributed by atoms with Gasteiger partial charge in [-0.05, 0) is 25.0 Å². The van der Waals surface area contributed by atoms with Crippen LogP contribution < -0.4 is 0 Å². The molecule has 0 aliphatic carbocycles. The first-order chi connectivity index (χ1) is 5.34. The van der Waals surface area contributed by atoms with Crippen molar-refractivity contribution in [2.24, 2.45) is 0 Å². The fourth-order valence-corrected chi connectivity index (χ4v) is 0.937. The van der Waals surface area contributed by atoms with Gasteiger partial charge in [0, 0.05) is 0 Å². The van der Waals surface area contributed by atoms with E-state index in [0.717, 1.165) is 18.3 Å². The van der Waals surface area contributed by atoms with E-state index in [2.05, 4.69) is 0 Å². The molecule has 0 radical (unpaired) electrons. The molecule has 11 heavy (non-hydrogen) atoms. The summed E-state index contributed by atoms with van der Waals surface area (Å²) in [5.74, 6) is 0. The largest absolute Gasteiger partial charge is 0.349 e. The van der Waals surface area contributed by atoms with Crippen LogP contribution in [0.2, 0.25) is 0 Å². The van der Waals surface area contributed by atoms with Gasteiger partial charge in [0.1, 0.15) is 6.29 Å². The molecule has 62 valence electrons. The number of ether oxygens (including phenoxy) is 2. The van der Waals surface area contributed by atoms with Gasteiger partial charge in [0.15, 0.2) is 6.29 Å². The van der Waals surface area contributed by atoms with Crippen molar-refractivity contribution < 1.29 is 14.3 Å². The molecule has 1 saturated heterocycles. The summed E-state index contributed by atoms with van der Waals surface area (Å²) in [7, 11) is 0. The van der Waals surface area contributed by atoms with E-state index in [0.29, 0.717) is 13.2 Å². The topological polar surface area (TPSA) is 35.5 Å². The molecule has 0 aromatic rings. The number of allylic oxidation sites excluding steroid dienone is 1. The second-order valence-corrected chi connectivity index (χ2v) is 2.47. The maximum absolute atomic E-state index is 10.1. The standard InChI is InChI=1S/C8H12O3/c1-7(3-4-9)8-10-5-2-6-11-8/h3-4,8H,2,5-6H2,1H3/b7-3+. The Kier molecular flexibility index (Phi) is 3.26. The lowest BCUT2D eigenvalue weighted by Gasteiger charge is -2.23. The molecule has 0 unspecified atom stereocenters. The second kappa shape index (κ2) is 4.26. The van der Waals surface area contributed by atoms with Gasteiger partial charge < -0.3 is 9.47 Å². The zero-order chi connectivity index (χ0) is 8.10. The Bertz CT molecular complexity index is 157. The number of carbonyl (C=O) groups is 1. The Morgan fingerprint density at radius 1 is 1.45 bits per heavy atom. The molecule has 0 N–H and O–H groups in total. The van der Waals surface area contributed by atoms with Gasteiger partial charge in [-0.15, -0.1) is 0 Å². The average Bonchev–Trinajstić information content (AvgIpc) is 2.07. The first-order valence-corrected chi connectivity index (χ1v) is 3.70. The van der Waals surface area contributed by atoms with Crippen LogP contribution in [-0.4, -0.2) is 25.8 Å². The Hall–Kier alpha value is -0.670. The monoisotopic (exact) mass is 156 g/mol. The minimum absolute atomic E-state index is 0.297. The summed E-state index contributed by atoms with van der Waals surface area (Å²) in [5.41, 5.74) is 0.833. The van der Waals surface area contributed by atoms with Gasteiger partial charge in [-0.2, -0.15) is 0 Å². The molecule has 3 nitrogen and oxygen atoms in total. The summed E-state index contributed by atoms with van der Waals surface area (Å²) >= 11 is 0. The van der Waals surface area contributed by atoms with Crippen molar-refractivity contribution in [1.29, 1.82) is 0 Å². The molecule has 0 atom stereocenters. The van der Waals surface area contributed by atoms with Crippen molar-refractivity contribution in [3.63, 3.8) is 0 Å². The highest BCUT2D eigenvalue weighted by Crippen LogP contribution is 2.12. The van der Waals surface area contributed by atoms with Crippen molar-refractivity contribution in [2.45, 2.75) is 19.6 Å². The van der Waals surface area contributed by atoms with Gasteiger partial charge in [-0.3, -0.25) is 4.79 Å². The predicted molar refractivity (Wildman–Crippen MR) is 40.1 cm³/mol. The summed E-state index contributed by atoms with van der Waals surface area (Å²) in [6.07, 6.45) is 2.85. The van der Waals surface area contributed by atoms with Crippen molar-refractivity contribution in [1.82, 2.24) is 0 Å². The molecule has 1 rings (SSSR count). The van der Waals surface area contributed by atoms with E-state index in [-0.39, 0.29) is 6.29 Å². The molecule has 1 aliphatic rings. The molecule has 1 fully saturated rings. The van der Waals surface area contributed by atoms with E-state index in [1.165, 1.54) is 6.08 Å². The highest BCUT2D eigenvalue weighted by molar-refractivity contribution is 5.66. The average molecular weight is 156 g/mol. The van der Waals surface area contributed by atoms with Crippen molar-refractivity contribution in [3.05, 3.63) is 11.6 Å². The predicted octanol–water partition coefficient (Wildman–Crippen LogP) is 0.895. The zero-order valence-corrected chi connectivity index (χ0v) is 6.58. The number of aldehydes is 1. The lowest BCUT2D eigenvalue weighted by molar-refractivity contribution is -0.156. The van der Waals surface area contributed by atoms with Gasteiger partial charge in [0.05, 0.1) is 13.2 Å². The minimum atomic E-state index is -0.297. The van der Waals surface area contributed by atoms with Crippen LogP contribution in [0.1, 0.15) is 13.3 Å². The molecule has 1 aliphatic heterocycles. The van der Waals surface area contributed by atoms with Gasteiger partial charge in [0.2, 0.25) is 0 Å². The number of hydrogen-bond acceptors (Lipinski definition) is 3. The maximum Gasteiger partial charge on any atom is 0.179 e. The molecular formula is C8H12O3. The van der Waals surface area contributed by atoms with E-state index in [1.807, 2.05) is 6.92 Å². The molecular weight excluding hydrogens is 144 g/mol. The zero-order valence-electron chi connectivity index (χ0n) is 6.58. The molecule has 3 heteroatoms. The molecule has 0 bridgehead atoms. The van der Waals surface area contributed by atoms with Crippen molar-refractivity contribution in [3.8, 4) is 0 Å². The van der Waals surface area contributed by atoms with Gasteiger partial charge in [-0.25, -0.2) is 0 Å². The number of rotatable bonds is 2. The maximum atomic E-state index is 10.1. The van der Waals surface area contributed by atoms with Crippen LogP contribution in [0.15, 0.2) is 11.6 Å². The SMILES string of the molecule is C/C(=C\C=O)C1OCCCO1. The van der Waals surface area contributed by atoms with Crippen LogP contribution in [0.25, 0.3) is 0 Å². The van der Waals surface area contributed by atoms with Crippen LogP contribution in [0.4, 0.5) is 0 Å². The lowest BCUT2D eigenvalue weighted by atomic mass is 10.2. The Morgan fingerprint density at radius 2 is 2.09 bits per heavy atom.